The highest BCUT2D eigenvalue weighted by molar-refractivity contribution is 5.85. The van der Waals surface area contributed by atoms with Gasteiger partial charge in [-0.25, -0.2) is 4.79 Å². The van der Waals surface area contributed by atoms with Gasteiger partial charge in [0.25, 0.3) is 17.6 Å². The zero-order valence-corrected chi connectivity index (χ0v) is 19.4. The standard InChI is InChI=1S/C11H12N2O5.C7H4N2O3.C4H8O2/c1-8(14)6-7-18-11(15)12-9-2-4-10(5-3-9)13(16)17;8-5-12-7-3-1-6(2-4-7)9(10)11;1-4(6)2-3-5/h2-5H,6-7H2,1H3,(H,12,15);1-4H;5H,2-3H2,1H3. The van der Waals surface area contributed by atoms with Crippen LogP contribution >= 0.6 is 0 Å². The van der Waals surface area contributed by atoms with E-state index in [1.165, 1.54) is 68.6 Å². The number of hydrogen-bond donors (Lipinski definition) is 2. The lowest BCUT2D eigenvalue weighted by molar-refractivity contribution is -0.385. The predicted octanol–water partition coefficient (Wildman–Crippen LogP) is 3.53. The van der Waals surface area contributed by atoms with Gasteiger partial charge in [0.2, 0.25) is 0 Å². The van der Waals surface area contributed by atoms with Crippen LogP contribution in [0.15, 0.2) is 48.5 Å². The summed E-state index contributed by atoms with van der Waals surface area (Å²) in [6, 6.07) is 10.6. The third kappa shape index (κ3) is 15.0. The molecule has 2 N–H and O–H groups in total. The molecule has 0 spiro atoms. The van der Waals surface area contributed by atoms with E-state index in [9.17, 15) is 34.6 Å². The van der Waals surface area contributed by atoms with Gasteiger partial charge in [-0.3, -0.25) is 35.1 Å². The first-order valence-corrected chi connectivity index (χ1v) is 10.1. The Hall–Kier alpha value is -4.90. The lowest BCUT2D eigenvalue weighted by Gasteiger charge is -2.05. The monoisotopic (exact) mass is 504 g/mol. The average Bonchev–Trinajstić information content (AvgIpc) is 2.80. The maximum absolute atomic E-state index is 11.2. The van der Waals surface area contributed by atoms with Crippen molar-refractivity contribution in [3.05, 3.63) is 68.8 Å². The Kier molecular flexibility index (Phi) is 15.2. The number of anilines is 1. The summed E-state index contributed by atoms with van der Waals surface area (Å²) in [5.74, 6) is 0.263. The molecule has 1 amide bonds. The fourth-order valence-electron chi connectivity index (χ4n) is 1.95. The number of aliphatic hydroxyl groups is 1. The number of ether oxygens (including phenoxy) is 2. The van der Waals surface area contributed by atoms with Crippen LogP contribution in [0.3, 0.4) is 0 Å². The fraction of sp³-hybridized carbons (Fsp3) is 0.273. The molecule has 2 aromatic carbocycles. The molecule has 0 radical (unpaired) electrons. The van der Waals surface area contributed by atoms with Crippen molar-refractivity contribution in [1.82, 2.24) is 0 Å². The molecule has 2 rings (SSSR count). The maximum Gasteiger partial charge on any atom is 0.411 e. The Morgan fingerprint density at radius 3 is 1.75 bits per heavy atom. The maximum atomic E-state index is 11.2. The molecule has 192 valence electrons. The molecule has 0 saturated heterocycles. The number of nitrogens with one attached hydrogen (secondary N) is 1. The smallest absolute Gasteiger partial charge is 0.411 e. The van der Waals surface area contributed by atoms with Crippen LogP contribution in [0.1, 0.15) is 26.7 Å². The molecule has 0 aliphatic rings. The topological polar surface area (TPSA) is 212 Å². The van der Waals surface area contributed by atoms with Gasteiger partial charge in [0.1, 0.15) is 23.9 Å². The number of benzene rings is 2. The Labute approximate surface area is 205 Å². The van der Waals surface area contributed by atoms with Crippen LogP contribution in [0.5, 0.6) is 5.75 Å². The van der Waals surface area contributed by atoms with E-state index in [1.54, 1.807) is 0 Å². The molecule has 0 aliphatic heterocycles. The number of non-ortho nitro benzene ring substituents is 2. The molecular formula is C22H24N4O10. The van der Waals surface area contributed by atoms with Gasteiger partial charge < -0.3 is 14.6 Å². The highest BCUT2D eigenvalue weighted by Crippen LogP contribution is 2.17. The third-order valence-corrected chi connectivity index (χ3v) is 3.69. The van der Waals surface area contributed by atoms with Crippen molar-refractivity contribution in [1.29, 1.82) is 5.26 Å². The van der Waals surface area contributed by atoms with E-state index in [4.69, 9.17) is 15.1 Å². The van der Waals surface area contributed by atoms with E-state index in [0.29, 0.717) is 17.9 Å². The van der Waals surface area contributed by atoms with E-state index in [1.807, 2.05) is 0 Å². The molecular weight excluding hydrogens is 480 g/mol. The summed E-state index contributed by atoms with van der Waals surface area (Å²) < 4.78 is 9.15. The van der Waals surface area contributed by atoms with Crippen molar-refractivity contribution in [3.63, 3.8) is 0 Å². The Morgan fingerprint density at radius 1 is 0.917 bits per heavy atom. The lowest BCUT2D eigenvalue weighted by atomic mass is 10.3. The van der Waals surface area contributed by atoms with Crippen molar-refractivity contribution in [2.45, 2.75) is 26.7 Å². The summed E-state index contributed by atoms with van der Waals surface area (Å²) in [4.78, 5) is 51.2. The van der Waals surface area contributed by atoms with Crippen molar-refractivity contribution in [3.8, 4) is 12.0 Å². The molecule has 14 heteroatoms. The van der Waals surface area contributed by atoms with Crippen molar-refractivity contribution >= 4 is 34.7 Å². The molecule has 0 aromatic heterocycles. The summed E-state index contributed by atoms with van der Waals surface area (Å²) in [7, 11) is 0. The third-order valence-electron chi connectivity index (χ3n) is 3.69. The highest BCUT2D eigenvalue weighted by atomic mass is 16.6. The van der Waals surface area contributed by atoms with Gasteiger partial charge in [0, 0.05) is 49.4 Å². The van der Waals surface area contributed by atoms with Gasteiger partial charge in [-0.05, 0) is 38.1 Å². The number of carbonyl (C=O) groups excluding carboxylic acids is 3. The Bertz CT molecular complexity index is 1060. The molecule has 0 fully saturated rings. The number of aliphatic hydroxyl groups excluding tert-OH is 1. The molecule has 0 heterocycles. The number of amides is 1. The van der Waals surface area contributed by atoms with Crippen LogP contribution in [0, 0.1) is 31.7 Å². The molecule has 0 unspecified atom stereocenters. The number of rotatable bonds is 9. The highest BCUT2D eigenvalue weighted by Gasteiger charge is 2.07. The molecule has 2 aromatic rings. The lowest BCUT2D eigenvalue weighted by Crippen LogP contribution is -2.15. The molecule has 14 nitrogen and oxygen atoms in total. The number of nitro groups is 2. The van der Waals surface area contributed by atoms with E-state index in [0.717, 1.165) is 0 Å². The van der Waals surface area contributed by atoms with Crippen LogP contribution in [0.4, 0.5) is 21.9 Å². The van der Waals surface area contributed by atoms with Crippen LogP contribution < -0.4 is 10.1 Å². The summed E-state index contributed by atoms with van der Waals surface area (Å²) >= 11 is 0. The molecule has 0 saturated carbocycles. The van der Waals surface area contributed by atoms with E-state index in [-0.39, 0.29) is 42.6 Å². The molecule has 0 atom stereocenters. The average molecular weight is 504 g/mol. The quantitative estimate of drug-likeness (QED) is 0.286. The zero-order valence-electron chi connectivity index (χ0n) is 19.4. The number of nitro benzene ring substituents is 2. The second-order valence-corrected chi connectivity index (χ2v) is 6.64. The largest absolute Gasteiger partial charge is 0.449 e. The van der Waals surface area contributed by atoms with Crippen LogP contribution in [-0.2, 0) is 14.3 Å². The van der Waals surface area contributed by atoms with Gasteiger partial charge in [0.15, 0.2) is 0 Å². The number of nitriles is 1. The zero-order chi connectivity index (χ0) is 27.5. The number of ketones is 2. The molecule has 0 aliphatic carbocycles. The van der Waals surface area contributed by atoms with Gasteiger partial charge in [0.05, 0.1) is 9.85 Å². The van der Waals surface area contributed by atoms with Crippen LogP contribution in [0.2, 0.25) is 0 Å². The van der Waals surface area contributed by atoms with Crippen LogP contribution in [-0.4, -0.2) is 45.8 Å². The van der Waals surface area contributed by atoms with E-state index in [2.05, 4.69) is 10.1 Å². The van der Waals surface area contributed by atoms with Crippen molar-refractivity contribution < 1.29 is 38.8 Å². The molecule has 36 heavy (non-hydrogen) atoms. The predicted molar refractivity (Wildman–Crippen MR) is 125 cm³/mol. The minimum absolute atomic E-state index is 0.00808. The van der Waals surface area contributed by atoms with Crippen molar-refractivity contribution in [2.24, 2.45) is 0 Å². The minimum atomic E-state index is -0.704. The minimum Gasteiger partial charge on any atom is -0.449 e. The van der Waals surface area contributed by atoms with Gasteiger partial charge in [-0.1, -0.05) is 0 Å². The first-order chi connectivity index (χ1) is 17.0. The fourth-order valence-corrected chi connectivity index (χ4v) is 1.95. The first kappa shape index (κ1) is 31.1. The molecule has 0 bridgehead atoms. The second kappa shape index (κ2) is 17.6. The number of carbonyl (C=O) groups is 3. The van der Waals surface area contributed by atoms with Crippen LogP contribution in [0.25, 0.3) is 0 Å². The SMILES string of the molecule is CC(=O)CCO.CC(=O)CCOC(=O)Nc1ccc([N+](=O)[O-])cc1.N#COc1ccc([N+](=O)[O-])cc1. The summed E-state index contributed by atoms with van der Waals surface area (Å²) in [6.07, 6.45) is 1.21. The van der Waals surface area contributed by atoms with E-state index >= 15 is 0 Å². The summed E-state index contributed by atoms with van der Waals surface area (Å²) in [5, 5.41) is 39.1. The number of Topliss-reactive ketones (excluding diaryl/α,β-unsaturated/α-hetero) is 2. The first-order valence-electron chi connectivity index (χ1n) is 10.1. The Morgan fingerprint density at radius 2 is 1.39 bits per heavy atom. The second-order valence-electron chi connectivity index (χ2n) is 6.64. The summed E-state index contributed by atoms with van der Waals surface area (Å²) in [6.45, 7) is 2.84. The van der Waals surface area contributed by atoms with E-state index < -0.39 is 15.9 Å². The Balaban J connectivity index is 0.000000583. The van der Waals surface area contributed by atoms with Gasteiger partial charge in [-0.15, -0.1) is 5.26 Å². The van der Waals surface area contributed by atoms with Crippen molar-refractivity contribution in [2.75, 3.05) is 18.5 Å². The van der Waals surface area contributed by atoms with Gasteiger partial charge >= 0.3 is 6.09 Å². The summed E-state index contributed by atoms with van der Waals surface area (Å²) in [5.41, 5.74) is 0.291. The van der Waals surface area contributed by atoms with Gasteiger partial charge in [-0.2, -0.15) is 0 Å². The normalized spacial score (nSPS) is 9.06. The number of hydrogen-bond acceptors (Lipinski definition) is 11. The number of nitrogens with zero attached hydrogens (tertiary/aromatic N) is 3.